The van der Waals surface area contributed by atoms with Crippen molar-refractivity contribution in [2.45, 2.75) is 24.1 Å². The van der Waals surface area contributed by atoms with Crippen LogP contribution in [-0.2, 0) is 5.75 Å². The maximum absolute atomic E-state index is 6.37. The number of hydrogen-bond acceptors (Lipinski definition) is 4. The zero-order valence-electron chi connectivity index (χ0n) is 14.4. The van der Waals surface area contributed by atoms with Crippen molar-refractivity contribution in [2.75, 3.05) is 35.6 Å². The molecule has 5 rings (SSSR count). The SMILES string of the molecule is Clc1ccc(Nc2cc3c4c(c2)[C@@H]2CNCC[C@@H]2N4CCSC3)c(Cl)c1. The van der Waals surface area contributed by atoms with Crippen molar-refractivity contribution in [3.63, 3.8) is 0 Å². The third-order valence-corrected chi connectivity index (χ3v) is 7.23. The number of rotatable bonds is 2. The van der Waals surface area contributed by atoms with E-state index < -0.39 is 0 Å². The van der Waals surface area contributed by atoms with E-state index in [1.54, 1.807) is 6.07 Å². The molecule has 136 valence electrons. The Hall–Kier alpha value is -1.07. The largest absolute Gasteiger partial charge is 0.367 e. The van der Waals surface area contributed by atoms with Gasteiger partial charge in [-0.25, -0.2) is 0 Å². The number of thioether (sulfide) groups is 1. The normalized spacial score (nSPS) is 24.0. The minimum atomic E-state index is 0.586. The van der Waals surface area contributed by atoms with Crippen molar-refractivity contribution < 1.29 is 0 Å². The van der Waals surface area contributed by atoms with E-state index in [0.717, 1.165) is 30.2 Å². The average molecular weight is 406 g/mol. The Bertz CT molecular complexity index is 857. The van der Waals surface area contributed by atoms with Crippen molar-refractivity contribution in [3.8, 4) is 0 Å². The van der Waals surface area contributed by atoms with Crippen LogP contribution >= 0.6 is 35.0 Å². The van der Waals surface area contributed by atoms with Crippen LogP contribution in [0.2, 0.25) is 10.0 Å². The Balaban J connectivity index is 1.57. The van der Waals surface area contributed by atoms with Crippen LogP contribution in [0.25, 0.3) is 0 Å². The Morgan fingerprint density at radius 1 is 1.19 bits per heavy atom. The summed E-state index contributed by atoms with van der Waals surface area (Å²) < 4.78 is 0. The van der Waals surface area contributed by atoms with Gasteiger partial charge in [0, 0.05) is 53.0 Å². The van der Waals surface area contributed by atoms with E-state index in [2.05, 4.69) is 27.7 Å². The zero-order chi connectivity index (χ0) is 17.7. The van der Waals surface area contributed by atoms with Gasteiger partial charge in [0.2, 0.25) is 0 Å². The molecule has 3 heterocycles. The summed E-state index contributed by atoms with van der Waals surface area (Å²) in [6.45, 7) is 3.37. The fourth-order valence-electron chi connectivity index (χ4n) is 4.60. The van der Waals surface area contributed by atoms with Gasteiger partial charge in [0.25, 0.3) is 0 Å². The number of piperidine rings is 1. The molecule has 0 aromatic heterocycles. The number of halogens is 2. The number of benzene rings is 2. The molecule has 2 aromatic rings. The Labute approximate surface area is 168 Å². The highest BCUT2D eigenvalue weighted by Gasteiger charge is 2.41. The molecule has 0 radical (unpaired) electrons. The average Bonchev–Trinajstić information content (AvgIpc) is 2.80. The standard InChI is InChI=1S/C20H21Cl2N3S/c21-13-1-2-18(17(22)8-13)24-14-7-12-11-26-6-5-25-19-3-4-23-10-16(19)15(9-14)20(12)25/h1-2,7-9,16,19,23-24H,3-6,10-11H2/t16-,19-/m0/s1. The second-order valence-corrected chi connectivity index (χ2v) is 9.18. The summed E-state index contributed by atoms with van der Waals surface area (Å²) in [4.78, 5) is 2.69. The lowest BCUT2D eigenvalue weighted by molar-refractivity contribution is 0.406. The summed E-state index contributed by atoms with van der Waals surface area (Å²) in [5.41, 5.74) is 6.47. The Morgan fingerprint density at radius 2 is 2.12 bits per heavy atom. The second-order valence-electron chi connectivity index (χ2n) is 7.23. The van der Waals surface area contributed by atoms with Gasteiger partial charge in [0.15, 0.2) is 0 Å². The summed E-state index contributed by atoms with van der Waals surface area (Å²) in [7, 11) is 0. The molecular formula is C20H21Cl2N3S. The zero-order valence-corrected chi connectivity index (χ0v) is 16.7. The maximum atomic E-state index is 6.37. The number of nitrogens with one attached hydrogen (secondary N) is 2. The van der Waals surface area contributed by atoms with Gasteiger partial charge in [-0.15, -0.1) is 0 Å². The molecule has 0 saturated carbocycles. The first-order valence-electron chi connectivity index (χ1n) is 9.15. The second kappa shape index (κ2) is 6.83. The molecule has 2 atom stereocenters. The predicted octanol–water partition coefficient (Wildman–Crippen LogP) is 5.25. The predicted molar refractivity (Wildman–Crippen MR) is 114 cm³/mol. The third-order valence-electron chi connectivity index (χ3n) is 5.70. The smallest absolute Gasteiger partial charge is 0.0655 e. The first kappa shape index (κ1) is 17.1. The number of fused-ring (bicyclic) bond motifs is 3. The van der Waals surface area contributed by atoms with Crippen LogP contribution in [-0.4, -0.2) is 31.4 Å². The summed E-state index contributed by atoms with van der Waals surface area (Å²) in [5, 5.41) is 8.42. The van der Waals surface area contributed by atoms with E-state index in [0.29, 0.717) is 22.0 Å². The minimum absolute atomic E-state index is 0.586. The van der Waals surface area contributed by atoms with Crippen molar-refractivity contribution in [2.24, 2.45) is 0 Å². The summed E-state index contributed by atoms with van der Waals surface area (Å²) >= 11 is 14.4. The lowest BCUT2D eigenvalue weighted by Gasteiger charge is -2.33. The summed E-state index contributed by atoms with van der Waals surface area (Å²) in [5.74, 6) is 2.87. The third kappa shape index (κ3) is 2.88. The minimum Gasteiger partial charge on any atom is -0.367 e. The van der Waals surface area contributed by atoms with E-state index in [1.807, 2.05) is 23.9 Å². The summed E-state index contributed by atoms with van der Waals surface area (Å²) in [6.07, 6.45) is 1.23. The summed E-state index contributed by atoms with van der Waals surface area (Å²) in [6, 6.07) is 10.9. The molecule has 0 amide bonds. The molecular weight excluding hydrogens is 385 g/mol. The van der Waals surface area contributed by atoms with Gasteiger partial charge >= 0.3 is 0 Å². The maximum Gasteiger partial charge on any atom is 0.0655 e. The lowest BCUT2D eigenvalue weighted by Crippen LogP contribution is -2.44. The fourth-order valence-corrected chi connectivity index (χ4v) is 5.97. The van der Waals surface area contributed by atoms with Gasteiger partial charge in [-0.1, -0.05) is 23.2 Å². The van der Waals surface area contributed by atoms with Crippen LogP contribution in [0.1, 0.15) is 23.5 Å². The highest BCUT2D eigenvalue weighted by molar-refractivity contribution is 7.98. The van der Waals surface area contributed by atoms with E-state index in [4.69, 9.17) is 23.2 Å². The van der Waals surface area contributed by atoms with E-state index in [9.17, 15) is 0 Å². The molecule has 3 aliphatic rings. The topological polar surface area (TPSA) is 27.3 Å². The van der Waals surface area contributed by atoms with Gasteiger partial charge in [-0.3, -0.25) is 0 Å². The van der Waals surface area contributed by atoms with Crippen LogP contribution < -0.4 is 15.5 Å². The highest BCUT2D eigenvalue weighted by atomic mass is 35.5. The van der Waals surface area contributed by atoms with Gasteiger partial charge in [0.1, 0.15) is 0 Å². The van der Waals surface area contributed by atoms with Crippen LogP contribution in [0, 0.1) is 0 Å². The molecule has 0 bridgehead atoms. The molecule has 0 spiro atoms. The van der Waals surface area contributed by atoms with Gasteiger partial charge in [-0.2, -0.15) is 11.8 Å². The van der Waals surface area contributed by atoms with Crippen molar-refractivity contribution in [1.82, 2.24) is 5.32 Å². The van der Waals surface area contributed by atoms with Crippen LogP contribution in [0.4, 0.5) is 17.1 Å². The number of hydrogen-bond donors (Lipinski definition) is 2. The van der Waals surface area contributed by atoms with Crippen LogP contribution in [0.3, 0.4) is 0 Å². The molecule has 0 unspecified atom stereocenters. The Kier molecular flexibility index (Phi) is 4.48. The first-order valence-corrected chi connectivity index (χ1v) is 11.1. The van der Waals surface area contributed by atoms with Crippen LogP contribution in [0.5, 0.6) is 0 Å². The first-order chi connectivity index (χ1) is 12.7. The molecule has 0 aliphatic carbocycles. The molecule has 6 heteroatoms. The van der Waals surface area contributed by atoms with Gasteiger partial charge < -0.3 is 15.5 Å². The van der Waals surface area contributed by atoms with Crippen LogP contribution in [0.15, 0.2) is 30.3 Å². The van der Waals surface area contributed by atoms with Crippen molar-refractivity contribution in [1.29, 1.82) is 0 Å². The number of anilines is 3. The molecule has 26 heavy (non-hydrogen) atoms. The van der Waals surface area contributed by atoms with E-state index in [-0.39, 0.29) is 0 Å². The van der Waals surface area contributed by atoms with E-state index in [1.165, 1.54) is 35.5 Å². The molecule has 1 fully saturated rings. The van der Waals surface area contributed by atoms with Crippen molar-refractivity contribution in [3.05, 3.63) is 51.5 Å². The van der Waals surface area contributed by atoms with Gasteiger partial charge in [0.05, 0.1) is 10.7 Å². The molecule has 2 aromatic carbocycles. The molecule has 1 saturated heterocycles. The Morgan fingerprint density at radius 3 is 3.00 bits per heavy atom. The monoisotopic (exact) mass is 405 g/mol. The number of nitrogens with zero attached hydrogens (tertiary/aromatic N) is 1. The molecule has 2 N–H and O–H groups in total. The lowest BCUT2D eigenvalue weighted by atomic mass is 9.89. The highest BCUT2D eigenvalue weighted by Crippen LogP contribution is 2.49. The van der Waals surface area contributed by atoms with E-state index >= 15 is 0 Å². The van der Waals surface area contributed by atoms with Gasteiger partial charge in [-0.05, 0) is 54.4 Å². The molecule has 3 nitrogen and oxygen atoms in total. The molecule has 3 aliphatic heterocycles. The fraction of sp³-hybridized carbons (Fsp3) is 0.400. The van der Waals surface area contributed by atoms with Crippen molar-refractivity contribution >= 4 is 52.0 Å². The quantitative estimate of drug-likeness (QED) is 0.713.